The number of piperidine rings is 1. The SMILES string of the molecule is CC1CCC(C(OC2CCN(CCCC(O)C3CCC(C(C)(C)C(=O)O)CC3)CC2)C2CCC(C)CC2)CC1. The van der Waals surface area contributed by atoms with Crippen molar-refractivity contribution in [1.29, 1.82) is 0 Å². The van der Waals surface area contributed by atoms with Crippen molar-refractivity contribution < 1.29 is 19.7 Å². The maximum Gasteiger partial charge on any atom is 0.309 e. The third-order valence-electron chi connectivity index (χ3n) is 11.8. The summed E-state index contributed by atoms with van der Waals surface area (Å²) < 4.78 is 7.06. The molecule has 2 N–H and O–H groups in total. The van der Waals surface area contributed by atoms with Crippen molar-refractivity contribution in [3.05, 3.63) is 0 Å². The van der Waals surface area contributed by atoms with E-state index in [0.29, 0.717) is 18.1 Å². The average Bonchev–Trinajstić information content (AvgIpc) is 2.93. The van der Waals surface area contributed by atoms with Gasteiger partial charge in [0.25, 0.3) is 0 Å². The summed E-state index contributed by atoms with van der Waals surface area (Å²) in [6, 6.07) is 0. The Labute approximate surface area is 239 Å². The first kappa shape index (κ1) is 31.3. The maximum absolute atomic E-state index is 11.6. The number of rotatable bonds is 11. The van der Waals surface area contributed by atoms with Gasteiger partial charge in [0.05, 0.1) is 23.7 Å². The number of hydrogen-bond donors (Lipinski definition) is 2. The van der Waals surface area contributed by atoms with E-state index in [2.05, 4.69) is 18.7 Å². The second-order valence-electron chi connectivity index (χ2n) is 15.0. The molecule has 4 aliphatic rings. The van der Waals surface area contributed by atoms with Gasteiger partial charge in [-0.25, -0.2) is 0 Å². The second-order valence-corrected chi connectivity index (χ2v) is 15.0. The highest BCUT2D eigenvalue weighted by molar-refractivity contribution is 5.74. The predicted octanol–water partition coefficient (Wildman–Crippen LogP) is 7.55. The van der Waals surface area contributed by atoms with Crippen molar-refractivity contribution in [2.45, 2.75) is 149 Å². The Morgan fingerprint density at radius 2 is 1.28 bits per heavy atom. The molecule has 1 saturated heterocycles. The summed E-state index contributed by atoms with van der Waals surface area (Å²) in [6.45, 7) is 11.9. The van der Waals surface area contributed by atoms with Gasteiger partial charge in [-0.3, -0.25) is 4.79 Å². The molecule has 1 unspecified atom stereocenters. The molecule has 0 bridgehead atoms. The Hall–Kier alpha value is -0.650. The molecular formula is C34H61NO4. The van der Waals surface area contributed by atoms with Gasteiger partial charge in [-0.15, -0.1) is 0 Å². The van der Waals surface area contributed by atoms with Gasteiger partial charge in [0.1, 0.15) is 0 Å². The van der Waals surface area contributed by atoms with Gasteiger partial charge in [0.2, 0.25) is 0 Å². The number of aliphatic hydroxyl groups excluding tert-OH is 1. The number of aliphatic hydroxyl groups is 1. The molecule has 5 heteroatoms. The van der Waals surface area contributed by atoms with Crippen LogP contribution < -0.4 is 0 Å². The van der Waals surface area contributed by atoms with Gasteiger partial charge in [0, 0.05) is 13.1 Å². The molecular weight excluding hydrogens is 486 g/mol. The molecule has 1 aliphatic heterocycles. The van der Waals surface area contributed by atoms with E-state index < -0.39 is 11.4 Å². The molecule has 0 radical (unpaired) electrons. The minimum Gasteiger partial charge on any atom is -0.481 e. The zero-order chi connectivity index (χ0) is 28.0. The molecule has 0 aromatic rings. The molecule has 4 fully saturated rings. The number of likely N-dealkylation sites (tertiary alicyclic amines) is 1. The van der Waals surface area contributed by atoms with E-state index in [0.717, 1.165) is 94.7 Å². The zero-order valence-corrected chi connectivity index (χ0v) is 25.8. The number of hydrogen-bond acceptors (Lipinski definition) is 4. The van der Waals surface area contributed by atoms with E-state index in [-0.39, 0.29) is 12.0 Å². The van der Waals surface area contributed by atoms with Crippen LogP contribution in [0.4, 0.5) is 0 Å². The topological polar surface area (TPSA) is 70.0 Å². The molecule has 3 saturated carbocycles. The number of aliphatic carboxylic acids is 1. The molecule has 0 aromatic carbocycles. The van der Waals surface area contributed by atoms with Gasteiger partial charge in [-0.2, -0.15) is 0 Å². The smallest absolute Gasteiger partial charge is 0.309 e. The number of carboxylic acid groups (broad SMARTS) is 1. The first-order valence-electron chi connectivity index (χ1n) is 16.9. The molecule has 3 aliphatic carbocycles. The third kappa shape index (κ3) is 8.67. The van der Waals surface area contributed by atoms with Gasteiger partial charge in [-0.05, 0) is 133 Å². The minimum atomic E-state index is -0.691. The number of ether oxygens (including phenoxy) is 1. The largest absolute Gasteiger partial charge is 0.481 e. The van der Waals surface area contributed by atoms with Crippen LogP contribution in [0.15, 0.2) is 0 Å². The fourth-order valence-electron chi connectivity index (χ4n) is 8.49. The highest BCUT2D eigenvalue weighted by atomic mass is 16.5. The summed E-state index contributed by atoms with van der Waals surface area (Å²) in [5, 5.41) is 20.4. The fourth-order valence-corrected chi connectivity index (χ4v) is 8.49. The monoisotopic (exact) mass is 547 g/mol. The Balaban J connectivity index is 1.15. The summed E-state index contributed by atoms with van der Waals surface area (Å²) >= 11 is 0. The molecule has 39 heavy (non-hydrogen) atoms. The quantitative estimate of drug-likeness (QED) is 0.279. The Bertz CT molecular complexity index is 701. The van der Waals surface area contributed by atoms with E-state index in [1.165, 1.54) is 51.4 Å². The lowest BCUT2D eigenvalue weighted by atomic mass is 9.67. The lowest BCUT2D eigenvalue weighted by Crippen LogP contribution is -2.43. The molecule has 1 heterocycles. The molecule has 0 aromatic heterocycles. The molecule has 0 amide bonds. The molecule has 226 valence electrons. The van der Waals surface area contributed by atoms with E-state index in [9.17, 15) is 15.0 Å². The fraction of sp³-hybridized carbons (Fsp3) is 0.971. The van der Waals surface area contributed by atoms with Crippen molar-refractivity contribution in [3.8, 4) is 0 Å². The van der Waals surface area contributed by atoms with Crippen molar-refractivity contribution in [3.63, 3.8) is 0 Å². The predicted molar refractivity (Wildman–Crippen MR) is 159 cm³/mol. The summed E-state index contributed by atoms with van der Waals surface area (Å²) in [6.07, 6.45) is 19.8. The van der Waals surface area contributed by atoms with E-state index in [4.69, 9.17) is 4.74 Å². The first-order valence-corrected chi connectivity index (χ1v) is 16.9. The van der Waals surface area contributed by atoms with Crippen LogP contribution in [-0.4, -0.2) is 59.0 Å². The Morgan fingerprint density at radius 3 is 1.77 bits per heavy atom. The molecule has 5 nitrogen and oxygen atoms in total. The van der Waals surface area contributed by atoms with Crippen molar-refractivity contribution in [2.24, 2.45) is 40.9 Å². The van der Waals surface area contributed by atoms with Crippen LogP contribution >= 0.6 is 0 Å². The maximum atomic E-state index is 11.6. The molecule has 0 spiro atoms. The minimum absolute atomic E-state index is 0.227. The lowest BCUT2D eigenvalue weighted by Gasteiger charge is -2.43. The third-order valence-corrected chi connectivity index (χ3v) is 11.8. The van der Waals surface area contributed by atoms with Crippen LogP contribution in [0, 0.1) is 40.9 Å². The van der Waals surface area contributed by atoms with Gasteiger partial charge >= 0.3 is 5.97 Å². The van der Waals surface area contributed by atoms with Crippen molar-refractivity contribution in [1.82, 2.24) is 4.90 Å². The number of carbonyl (C=O) groups is 1. The first-order chi connectivity index (χ1) is 18.6. The summed E-state index contributed by atoms with van der Waals surface area (Å²) in [5.41, 5.74) is -0.657. The Kier molecular flexibility index (Phi) is 11.6. The highest BCUT2D eigenvalue weighted by Crippen LogP contribution is 2.43. The summed E-state index contributed by atoms with van der Waals surface area (Å²) in [7, 11) is 0. The number of nitrogens with zero attached hydrogens (tertiary/aromatic N) is 1. The van der Waals surface area contributed by atoms with E-state index in [1.54, 1.807) is 0 Å². The van der Waals surface area contributed by atoms with Gasteiger partial charge in [0.15, 0.2) is 0 Å². The van der Waals surface area contributed by atoms with Crippen molar-refractivity contribution >= 4 is 5.97 Å². The van der Waals surface area contributed by atoms with Gasteiger partial charge < -0.3 is 19.8 Å². The summed E-state index contributed by atoms with van der Waals surface area (Å²) in [4.78, 5) is 14.2. The van der Waals surface area contributed by atoms with Crippen LogP contribution in [0.3, 0.4) is 0 Å². The van der Waals surface area contributed by atoms with Crippen LogP contribution in [0.1, 0.15) is 130 Å². The average molecular weight is 548 g/mol. The van der Waals surface area contributed by atoms with Crippen LogP contribution in [0.25, 0.3) is 0 Å². The lowest BCUT2D eigenvalue weighted by molar-refractivity contribution is -0.151. The van der Waals surface area contributed by atoms with Gasteiger partial charge in [-0.1, -0.05) is 39.5 Å². The zero-order valence-electron chi connectivity index (χ0n) is 25.8. The standard InChI is InChI=1S/C34H61NO4/c1-24-7-11-27(12-8-24)32(28-13-9-25(2)10-14-28)39-30-19-22-35(23-20-30)21-5-6-31(36)26-15-17-29(18-16-26)34(3,4)33(37)38/h24-32,36H,5-23H2,1-4H3,(H,37,38). The van der Waals surface area contributed by atoms with Crippen LogP contribution in [0.5, 0.6) is 0 Å². The molecule has 1 atom stereocenters. The van der Waals surface area contributed by atoms with Crippen molar-refractivity contribution in [2.75, 3.05) is 19.6 Å². The second kappa shape index (κ2) is 14.5. The molecule has 4 rings (SSSR count). The van der Waals surface area contributed by atoms with E-state index in [1.807, 2.05) is 13.8 Å². The van der Waals surface area contributed by atoms with Crippen LogP contribution in [0.2, 0.25) is 0 Å². The normalized spacial score (nSPS) is 35.4. The Morgan fingerprint density at radius 1 is 0.795 bits per heavy atom. The summed E-state index contributed by atoms with van der Waals surface area (Å²) in [5.74, 6) is 3.23. The van der Waals surface area contributed by atoms with Crippen LogP contribution in [-0.2, 0) is 9.53 Å². The van der Waals surface area contributed by atoms with E-state index >= 15 is 0 Å². The number of carboxylic acids is 1. The highest BCUT2D eigenvalue weighted by Gasteiger charge is 2.40.